The maximum atomic E-state index is 12.9. The molecule has 2 aromatic rings. The van der Waals surface area contributed by atoms with E-state index in [-0.39, 0.29) is 5.91 Å². The lowest BCUT2D eigenvalue weighted by molar-refractivity contribution is -0.121. The van der Waals surface area contributed by atoms with Crippen LogP contribution in [-0.2, 0) is 4.79 Å². The number of halogens is 1. The summed E-state index contributed by atoms with van der Waals surface area (Å²) in [6.07, 6.45) is 1.71. The summed E-state index contributed by atoms with van der Waals surface area (Å²) in [6, 6.07) is 7.94. The molecule has 1 aromatic carbocycles. The number of carbonyl (C=O) groups is 1. The molecule has 0 saturated carbocycles. The Labute approximate surface area is 163 Å². The first kappa shape index (κ1) is 18.1. The van der Waals surface area contributed by atoms with Crippen molar-refractivity contribution in [3.63, 3.8) is 0 Å². The van der Waals surface area contributed by atoms with Gasteiger partial charge in [0.05, 0.1) is 10.6 Å². The van der Waals surface area contributed by atoms with E-state index in [0.29, 0.717) is 21.7 Å². The van der Waals surface area contributed by atoms with E-state index in [1.165, 1.54) is 23.1 Å². The van der Waals surface area contributed by atoms with Gasteiger partial charge in [-0.1, -0.05) is 34.1 Å². The monoisotopic (exact) mass is 433 g/mol. The molecular formula is C18H16BrN3OS2. The first-order valence-corrected chi connectivity index (χ1v) is 10.1. The molecule has 0 N–H and O–H groups in total. The Kier molecular flexibility index (Phi) is 5.56. The number of amidine groups is 1. The minimum atomic E-state index is -0.0441. The highest BCUT2D eigenvalue weighted by Crippen LogP contribution is 2.38. The molecule has 0 unspecified atom stereocenters. The maximum Gasteiger partial charge on any atom is 0.267 e. The van der Waals surface area contributed by atoms with Crippen LogP contribution in [0.3, 0.4) is 0 Å². The van der Waals surface area contributed by atoms with Gasteiger partial charge < -0.3 is 0 Å². The average molecular weight is 434 g/mol. The highest BCUT2D eigenvalue weighted by molar-refractivity contribution is 9.10. The number of amides is 1. The van der Waals surface area contributed by atoms with Crippen molar-refractivity contribution in [1.29, 1.82) is 0 Å². The number of hydrogen-bond acceptors (Lipinski definition) is 5. The van der Waals surface area contributed by atoms with Gasteiger partial charge >= 0.3 is 0 Å². The van der Waals surface area contributed by atoms with Crippen LogP contribution in [0.4, 0.5) is 5.13 Å². The molecule has 1 amide bonds. The number of benzene rings is 1. The summed E-state index contributed by atoms with van der Waals surface area (Å²) in [4.78, 5) is 24.1. The molecule has 1 aliphatic heterocycles. The van der Waals surface area contributed by atoms with Gasteiger partial charge in [-0.15, -0.1) is 17.9 Å². The largest absolute Gasteiger partial charge is 0.282 e. The molecule has 1 fully saturated rings. The van der Waals surface area contributed by atoms with E-state index < -0.39 is 0 Å². The predicted octanol–water partition coefficient (Wildman–Crippen LogP) is 5.39. The van der Waals surface area contributed by atoms with E-state index in [9.17, 15) is 4.79 Å². The van der Waals surface area contributed by atoms with E-state index in [1.807, 2.05) is 43.5 Å². The van der Waals surface area contributed by atoms with E-state index in [2.05, 4.69) is 32.5 Å². The van der Waals surface area contributed by atoms with Gasteiger partial charge in [-0.05, 0) is 48.9 Å². The van der Waals surface area contributed by atoms with Gasteiger partial charge in [-0.2, -0.15) is 4.99 Å². The standard InChI is InChI=1S/C18H16BrN3OS2/c1-4-9-22-16(23)15(12(3)13-5-7-14(19)8-6-13)25-18(22)21-17-20-11(2)10-24-17/h4-8,10H,1,9H2,2-3H3/b15-12-,21-18+. The first-order valence-electron chi connectivity index (χ1n) is 7.58. The number of aromatic nitrogens is 1. The second-order valence-electron chi connectivity index (χ2n) is 5.43. The third-order valence-electron chi connectivity index (χ3n) is 3.59. The normalized spacial score (nSPS) is 18.1. The average Bonchev–Trinajstić information content (AvgIpc) is 3.13. The molecule has 128 valence electrons. The SMILES string of the molecule is C=CCN1C(=O)/C(=C(\C)c2ccc(Br)cc2)S/C1=N/c1nc(C)cs1. The molecule has 25 heavy (non-hydrogen) atoms. The van der Waals surface area contributed by atoms with Crippen LogP contribution in [0.2, 0.25) is 0 Å². The number of nitrogens with zero attached hydrogens (tertiary/aromatic N) is 3. The Hall–Kier alpha value is -1.70. The third-order valence-corrected chi connectivity index (χ3v) is 6.15. The van der Waals surface area contributed by atoms with Crippen LogP contribution in [0.1, 0.15) is 18.2 Å². The first-order chi connectivity index (χ1) is 12.0. The molecule has 0 aliphatic carbocycles. The summed E-state index contributed by atoms with van der Waals surface area (Å²) in [5, 5.41) is 3.25. The summed E-state index contributed by atoms with van der Waals surface area (Å²) in [7, 11) is 0. The van der Waals surface area contributed by atoms with E-state index in [1.54, 1.807) is 11.0 Å². The minimum absolute atomic E-state index is 0.0441. The minimum Gasteiger partial charge on any atom is -0.282 e. The fourth-order valence-corrected chi connectivity index (χ4v) is 4.35. The van der Waals surface area contributed by atoms with Crippen LogP contribution in [0.5, 0.6) is 0 Å². The molecule has 0 radical (unpaired) electrons. The lowest BCUT2D eigenvalue weighted by Crippen LogP contribution is -2.29. The van der Waals surface area contributed by atoms with Crippen molar-refractivity contribution >= 4 is 60.8 Å². The summed E-state index contributed by atoms with van der Waals surface area (Å²) >= 11 is 6.30. The fraction of sp³-hybridized carbons (Fsp3) is 0.167. The lowest BCUT2D eigenvalue weighted by atomic mass is 10.1. The summed E-state index contributed by atoms with van der Waals surface area (Å²) < 4.78 is 1.01. The van der Waals surface area contributed by atoms with E-state index >= 15 is 0 Å². The molecule has 3 rings (SSSR count). The molecule has 4 nitrogen and oxygen atoms in total. The quantitative estimate of drug-likeness (QED) is 0.479. The zero-order valence-corrected chi connectivity index (χ0v) is 17.0. The topological polar surface area (TPSA) is 45.6 Å². The van der Waals surface area contributed by atoms with Crippen molar-refractivity contribution in [2.24, 2.45) is 4.99 Å². The summed E-state index contributed by atoms with van der Waals surface area (Å²) in [5.41, 5.74) is 2.89. The second-order valence-corrected chi connectivity index (χ2v) is 8.16. The lowest BCUT2D eigenvalue weighted by Gasteiger charge is -2.12. The number of rotatable bonds is 4. The fourth-order valence-electron chi connectivity index (χ4n) is 2.32. The van der Waals surface area contributed by atoms with E-state index in [0.717, 1.165) is 21.3 Å². The molecular weight excluding hydrogens is 418 g/mol. The number of aliphatic imine (C=N–C) groups is 1. The van der Waals surface area contributed by atoms with Gasteiger partial charge in [0, 0.05) is 16.4 Å². The summed E-state index contributed by atoms with van der Waals surface area (Å²) in [5.74, 6) is -0.0441. The van der Waals surface area contributed by atoms with Crippen LogP contribution in [0.25, 0.3) is 5.57 Å². The van der Waals surface area contributed by atoms with Crippen molar-refractivity contribution < 1.29 is 4.79 Å². The number of thiazole rings is 1. The van der Waals surface area contributed by atoms with Crippen LogP contribution in [0, 0.1) is 6.92 Å². The number of carbonyl (C=O) groups excluding carboxylic acids is 1. The zero-order chi connectivity index (χ0) is 18.0. The molecule has 7 heteroatoms. The van der Waals surface area contributed by atoms with Crippen LogP contribution in [0.15, 0.2) is 56.7 Å². The van der Waals surface area contributed by atoms with Crippen molar-refractivity contribution in [2.75, 3.05) is 6.54 Å². The van der Waals surface area contributed by atoms with Gasteiger partial charge in [-0.25, -0.2) is 4.98 Å². The highest BCUT2D eigenvalue weighted by atomic mass is 79.9. The van der Waals surface area contributed by atoms with Crippen LogP contribution >= 0.6 is 39.0 Å². The molecule has 0 atom stereocenters. The highest BCUT2D eigenvalue weighted by Gasteiger charge is 2.34. The number of thioether (sulfide) groups is 1. The van der Waals surface area contributed by atoms with Gasteiger partial charge in [-0.3, -0.25) is 9.69 Å². The zero-order valence-electron chi connectivity index (χ0n) is 13.8. The number of hydrogen-bond donors (Lipinski definition) is 0. The summed E-state index contributed by atoms with van der Waals surface area (Å²) in [6.45, 7) is 8.06. The Morgan fingerprint density at radius 3 is 2.72 bits per heavy atom. The van der Waals surface area contributed by atoms with Crippen LogP contribution in [-0.4, -0.2) is 27.5 Å². The molecule has 1 aromatic heterocycles. The Morgan fingerprint density at radius 1 is 1.40 bits per heavy atom. The second kappa shape index (κ2) is 7.68. The van der Waals surface area contributed by atoms with Crippen molar-refractivity contribution in [3.8, 4) is 0 Å². The molecule has 2 heterocycles. The molecule has 1 aliphatic rings. The Morgan fingerprint density at radius 2 is 2.12 bits per heavy atom. The van der Waals surface area contributed by atoms with Gasteiger partial charge in [0.15, 0.2) is 5.17 Å². The van der Waals surface area contributed by atoms with E-state index in [4.69, 9.17) is 0 Å². The molecule has 1 saturated heterocycles. The van der Waals surface area contributed by atoms with Crippen molar-refractivity contribution in [1.82, 2.24) is 9.88 Å². The smallest absolute Gasteiger partial charge is 0.267 e. The maximum absolute atomic E-state index is 12.9. The molecule has 0 spiro atoms. The molecule has 0 bridgehead atoms. The predicted molar refractivity (Wildman–Crippen MR) is 110 cm³/mol. The Bertz CT molecular complexity index is 884. The van der Waals surface area contributed by atoms with Crippen molar-refractivity contribution in [3.05, 3.63) is 62.9 Å². The Balaban J connectivity index is 2.00. The van der Waals surface area contributed by atoms with Gasteiger partial charge in [0.2, 0.25) is 5.13 Å². The van der Waals surface area contributed by atoms with Crippen LogP contribution < -0.4 is 0 Å². The number of allylic oxidation sites excluding steroid dienone is 1. The third kappa shape index (κ3) is 3.94. The number of aryl methyl sites for hydroxylation is 1. The van der Waals surface area contributed by atoms with Gasteiger partial charge in [0.1, 0.15) is 0 Å². The van der Waals surface area contributed by atoms with Crippen molar-refractivity contribution in [2.45, 2.75) is 13.8 Å². The van der Waals surface area contributed by atoms with Gasteiger partial charge in [0.25, 0.3) is 5.91 Å².